The highest BCUT2D eigenvalue weighted by Crippen LogP contribution is 2.49. The Morgan fingerprint density at radius 2 is 1.03 bits per heavy atom. The van der Waals surface area contributed by atoms with Gasteiger partial charge in [0.2, 0.25) is 7.29 Å². The molecule has 4 heteroatoms. The van der Waals surface area contributed by atoms with Gasteiger partial charge in [0, 0.05) is 23.7 Å². The second-order valence-corrected chi connectivity index (χ2v) is 13.7. The van der Waals surface area contributed by atoms with Crippen molar-refractivity contribution in [1.82, 2.24) is 4.67 Å². The lowest BCUT2D eigenvalue weighted by Gasteiger charge is -2.34. The molecule has 186 valence electrons. The molecular weight excluding hydrogens is 476 g/mol. The van der Waals surface area contributed by atoms with Crippen molar-refractivity contribution in [3.05, 3.63) is 114 Å². The molecule has 0 bridgehead atoms. The largest absolute Gasteiger partial charge is 0.296 e. The summed E-state index contributed by atoms with van der Waals surface area (Å²) in [6.07, 6.45) is 1.94. The topological polar surface area (TPSA) is 20.3 Å². The first-order chi connectivity index (χ1) is 17.6. The molecule has 4 aromatic rings. The zero-order valence-electron chi connectivity index (χ0n) is 21.9. The van der Waals surface area contributed by atoms with E-state index in [4.69, 9.17) is 0 Å². The molecule has 0 saturated heterocycles. The Balaban J connectivity index is 2.08. The van der Waals surface area contributed by atoms with Crippen LogP contribution in [0.5, 0.6) is 0 Å². The highest BCUT2D eigenvalue weighted by Gasteiger charge is 2.37. The van der Waals surface area contributed by atoms with E-state index in [-0.39, 0.29) is 0 Å². The maximum atomic E-state index is 15.4. The maximum absolute atomic E-state index is 15.4. The standard InChI is InChI=1S/C32H37NOP2/c1-5-26-18-12-14-22-29(26)35(30-23-15-13-19-27(30)6-2)31-24-16-17-25-32(31)36(34,33(7-3)8-4)28-20-10-9-11-21-28/h9-25H,5-8H2,1-4H3. The Kier molecular flexibility index (Phi) is 8.97. The number of hydrogen-bond acceptors (Lipinski definition) is 1. The zero-order chi connectivity index (χ0) is 25.5. The summed E-state index contributed by atoms with van der Waals surface area (Å²) >= 11 is 0. The molecule has 1 atom stereocenters. The van der Waals surface area contributed by atoms with Gasteiger partial charge in [0.25, 0.3) is 0 Å². The summed E-state index contributed by atoms with van der Waals surface area (Å²) in [5, 5.41) is 5.81. The second-order valence-electron chi connectivity index (χ2n) is 8.84. The Hall–Kier alpha value is -2.50. The van der Waals surface area contributed by atoms with E-state index >= 15 is 4.57 Å². The monoisotopic (exact) mass is 513 g/mol. The van der Waals surface area contributed by atoms with Crippen molar-refractivity contribution in [2.75, 3.05) is 13.1 Å². The van der Waals surface area contributed by atoms with Crippen molar-refractivity contribution in [2.45, 2.75) is 40.5 Å². The minimum absolute atomic E-state index is 0.728. The molecule has 1 unspecified atom stereocenters. The van der Waals surface area contributed by atoms with E-state index in [2.05, 4.69) is 105 Å². The first kappa shape index (κ1) is 26.6. The van der Waals surface area contributed by atoms with Gasteiger partial charge in [0.05, 0.1) is 0 Å². The van der Waals surface area contributed by atoms with Gasteiger partial charge >= 0.3 is 0 Å². The minimum atomic E-state index is -3.06. The maximum Gasteiger partial charge on any atom is 0.207 e. The molecule has 0 amide bonds. The van der Waals surface area contributed by atoms with Crippen LogP contribution in [-0.2, 0) is 17.4 Å². The van der Waals surface area contributed by atoms with E-state index in [9.17, 15) is 0 Å². The van der Waals surface area contributed by atoms with Crippen LogP contribution in [0, 0.1) is 0 Å². The number of hydrogen-bond donors (Lipinski definition) is 0. The number of aryl methyl sites for hydroxylation is 2. The van der Waals surface area contributed by atoms with Gasteiger partial charge in [-0.3, -0.25) is 4.57 Å². The SMILES string of the molecule is CCc1ccccc1P(c1ccccc1CC)c1ccccc1P(=O)(c1ccccc1)N(CC)CC. The van der Waals surface area contributed by atoms with Crippen molar-refractivity contribution in [3.8, 4) is 0 Å². The van der Waals surface area contributed by atoms with Gasteiger partial charge in [-0.2, -0.15) is 0 Å². The van der Waals surface area contributed by atoms with Crippen LogP contribution in [0.15, 0.2) is 103 Å². The molecule has 0 aliphatic rings. The van der Waals surface area contributed by atoms with Crippen LogP contribution in [0.25, 0.3) is 0 Å². The van der Waals surface area contributed by atoms with E-state index in [0.29, 0.717) is 0 Å². The van der Waals surface area contributed by atoms with Crippen molar-refractivity contribution in [2.24, 2.45) is 0 Å². The third kappa shape index (κ3) is 5.01. The van der Waals surface area contributed by atoms with Crippen LogP contribution in [0.4, 0.5) is 0 Å². The Morgan fingerprint density at radius 3 is 1.53 bits per heavy atom. The lowest BCUT2D eigenvalue weighted by atomic mass is 10.2. The van der Waals surface area contributed by atoms with E-state index in [1.807, 2.05) is 30.3 Å². The fraction of sp³-hybridized carbons (Fsp3) is 0.250. The minimum Gasteiger partial charge on any atom is -0.296 e. The number of benzene rings is 4. The summed E-state index contributed by atoms with van der Waals surface area (Å²) in [4.78, 5) is 0. The summed E-state index contributed by atoms with van der Waals surface area (Å²) in [7, 11) is -3.97. The molecule has 0 spiro atoms. The van der Waals surface area contributed by atoms with Gasteiger partial charge in [0.1, 0.15) is 0 Å². The van der Waals surface area contributed by atoms with Crippen molar-refractivity contribution < 1.29 is 4.57 Å². The third-order valence-corrected chi connectivity index (χ3v) is 13.2. The molecule has 4 aromatic carbocycles. The van der Waals surface area contributed by atoms with Crippen LogP contribution in [0.2, 0.25) is 0 Å². The second kappa shape index (κ2) is 12.2. The lowest BCUT2D eigenvalue weighted by molar-refractivity contribution is 0.458. The fourth-order valence-electron chi connectivity index (χ4n) is 5.06. The first-order valence-electron chi connectivity index (χ1n) is 13.1. The molecule has 0 saturated carbocycles. The van der Waals surface area contributed by atoms with Crippen LogP contribution in [0.1, 0.15) is 38.8 Å². The Bertz CT molecular complexity index is 1280. The van der Waals surface area contributed by atoms with Crippen molar-refractivity contribution in [3.63, 3.8) is 0 Å². The summed E-state index contributed by atoms with van der Waals surface area (Å²) in [6, 6.07) is 36.3. The average Bonchev–Trinajstić information content (AvgIpc) is 2.95. The summed E-state index contributed by atoms with van der Waals surface area (Å²) in [6.45, 7) is 10.1. The smallest absolute Gasteiger partial charge is 0.207 e. The summed E-state index contributed by atoms with van der Waals surface area (Å²) < 4.78 is 17.6. The highest BCUT2D eigenvalue weighted by molar-refractivity contribution is 7.84. The van der Waals surface area contributed by atoms with E-state index < -0.39 is 15.2 Å². The predicted octanol–water partition coefficient (Wildman–Crippen LogP) is 6.14. The molecule has 0 N–H and O–H groups in total. The molecular formula is C32H37NOP2. The molecule has 36 heavy (non-hydrogen) atoms. The molecule has 0 radical (unpaired) electrons. The van der Waals surface area contributed by atoms with E-state index in [1.54, 1.807) is 0 Å². The highest BCUT2D eigenvalue weighted by atomic mass is 31.2. The molecule has 0 aliphatic heterocycles. The molecule has 4 rings (SSSR count). The van der Waals surface area contributed by atoms with E-state index in [0.717, 1.165) is 36.5 Å². The molecule has 0 aromatic heterocycles. The van der Waals surface area contributed by atoms with E-state index in [1.165, 1.54) is 27.0 Å². The Labute approximate surface area is 218 Å². The van der Waals surface area contributed by atoms with Gasteiger partial charge < -0.3 is 0 Å². The molecule has 0 aliphatic carbocycles. The van der Waals surface area contributed by atoms with Gasteiger partial charge in [0.15, 0.2) is 0 Å². The fourth-order valence-corrected chi connectivity index (χ4v) is 11.6. The summed E-state index contributed by atoms with van der Waals surface area (Å²) in [5.41, 5.74) is 2.73. The normalized spacial score (nSPS) is 13.2. The molecule has 0 fully saturated rings. The van der Waals surface area contributed by atoms with Gasteiger partial charge in [-0.15, -0.1) is 0 Å². The number of nitrogens with zero attached hydrogens (tertiary/aromatic N) is 1. The van der Waals surface area contributed by atoms with Gasteiger partial charge in [-0.25, -0.2) is 4.67 Å². The lowest BCUT2D eigenvalue weighted by Crippen LogP contribution is -2.40. The quantitative estimate of drug-likeness (QED) is 0.238. The molecule has 0 heterocycles. The predicted molar refractivity (Wildman–Crippen MR) is 160 cm³/mol. The van der Waals surface area contributed by atoms with Crippen molar-refractivity contribution in [1.29, 1.82) is 0 Å². The third-order valence-electron chi connectivity index (χ3n) is 6.91. The summed E-state index contributed by atoms with van der Waals surface area (Å²) in [5.74, 6) is 0. The van der Waals surface area contributed by atoms with Gasteiger partial charge in [-0.05, 0) is 66.0 Å². The van der Waals surface area contributed by atoms with Gasteiger partial charge in [-0.1, -0.05) is 113 Å². The first-order valence-corrected chi connectivity index (χ1v) is 16.1. The van der Waals surface area contributed by atoms with Crippen LogP contribution >= 0.6 is 15.2 Å². The molecule has 2 nitrogen and oxygen atoms in total. The average molecular weight is 514 g/mol. The number of rotatable bonds is 10. The zero-order valence-corrected chi connectivity index (χ0v) is 23.7. The van der Waals surface area contributed by atoms with Crippen molar-refractivity contribution >= 4 is 41.7 Å². The van der Waals surface area contributed by atoms with Crippen LogP contribution in [-0.4, -0.2) is 17.8 Å². The Morgan fingerprint density at radius 1 is 0.583 bits per heavy atom. The van der Waals surface area contributed by atoms with Crippen LogP contribution < -0.4 is 26.5 Å². The van der Waals surface area contributed by atoms with Crippen LogP contribution in [0.3, 0.4) is 0 Å².